The van der Waals surface area contributed by atoms with Crippen LogP contribution in [0.2, 0.25) is 0 Å². The monoisotopic (exact) mass is 414 g/mol. The minimum Gasteiger partial charge on any atom is -0.295 e. The number of carbonyl (C=O) groups is 1. The maximum Gasteiger partial charge on any atom is 0.277 e. The van der Waals surface area contributed by atoms with E-state index in [1.807, 2.05) is 18.2 Å². The molecule has 1 aliphatic heterocycles. The van der Waals surface area contributed by atoms with Gasteiger partial charge in [0, 0.05) is 34.5 Å². The van der Waals surface area contributed by atoms with Gasteiger partial charge in [-0.2, -0.15) is 5.10 Å². The third kappa shape index (κ3) is 2.96. The lowest BCUT2D eigenvalue weighted by atomic mass is 9.95. The molecule has 0 spiro atoms. The molecule has 0 bridgehead atoms. The number of hydrogen-bond acceptors (Lipinski definition) is 4. The van der Waals surface area contributed by atoms with Crippen molar-refractivity contribution in [1.82, 2.24) is 10.2 Å². The number of aromatic amines is 1. The summed E-state index contributed by atoms with van der Waals surface area (Å²) in [7, 11) is 0. The number of nitro groups is 1. The van der Waals surface area contributed by atoms with Crippen LogP contribution in [0.3, 0.4) is 0 Å². The number of fused-ring (bicyclic) bond motifs is 1. The number of hydrogen-bond donors (Lipinski definition) is 1. The quantitative estimate of drug-likeness (QED) is 0.381. The molecule has 0 radical (unpaired) electrons. The molecule has 1 aromatic heterocycles. The summed E-state index contributed by atoms with van der Waals surface area (Å²) in [6.45, 7) is 0. The first-order chi connectivity index (χ1) is 15.1. The highest BCUT2D eigenvalue weighted by Gasteiger charge is 2.44. The van der Waals surface area contributed by atoms with Crippen molar-refractivity contribution < 1.29 is 14.1 Å². The van der Waals surface area contributed by atoms with Gasteiger partial charge in [-0.1, -0.05) is 36.4 Å². The van der Waals surface area contributed by atoms with E-state index in [1.165, 1.54) is 23.1 Å². The minimum atomic E-state index is -0.741. The van der Waals surface area contributed by atoms with E-state index in [0.717, 1.165) is 0 Å². The number of non-ortho nitro benzene ring substituents is 1. The van der Waals surface area contributed by atoms with Gasteiger partial charge < -0.3 is 0 Å². The van der Waals surface area contributed by atoms with Crippen LogP contribution in [0.15, 0.2) is 78.9 Å². The van der Waals surface area contributed by atoms with E-state index >= 15 is 0 Å². The smallest absolute Gasteiger partial charge is 0.277 e. The number of carbonyl (C=O) groups excluding carboxylic acids is 1. The number of H-pyrrole nitrogens is 1. The Labute approximate surface area is 175 Å². The van der Waals surface area contributed by atoms with Gasteiger partial charge in [0.1, 0.15) is 11.5 Å². The highest BCUT2D eigenvalue weighted by atomic mass is 19.1. The normalized spacial score (nSPS) is 15.2. The molecule has 1 N–H and O–H groups in total. The zero-order valence-electron chi connectivity index (χ0n) is 16.0. The molecule has 0 fully saturated rings. The summed E-state index contributed by atoms with van der Waals surface area (Å²) in [4.78, 5) is 25.4. The number of para-hydroxylation sites is 1. The van der Waals surface area contributed by atoms with Gasteiger partial charge in [0.25, 0.3) is 11.6 Å². The molecule has 0 saturated carbocycles. The van der Waals surface area contributed by atoms with Gasteiger partial charge in [-0.05, 0) is 30.3 Å². The molecule has 4 aromatic rings. The van der Waals surface area contributed by atoms with E-state index in [0.29, 0.717) is 28.1 Å². The highest BCUT2D eigenvalue weighted by molar-refractivity contribution is 6.11. The van der Waals surface area contributed by atoms with Gasteiger partial charge in [-0.3, -0.25) is 24.9 Å². The molecular weight excluding hydrogens is 399 g/mol. The average Bonchev–Trinajstić information content (AvgIpc) is 3.34. The lowest BCUT2D eigenvalue weighted by Gasteiger charge is -2.26. The number of benzene rings is 3. The maximum atomic E-state index is 14.9. The fraction of sp³-hybridized carbons (Fsp3) is 0.0435. The third-order valence-electron chi connectivity index (χ3n) is 5.35. The Morgan fingerprint density at radius 1 is 0.968 bits per heavy atom. The zero-order valence-corrected chi connectivity index (χ0v) is 16.0. The Morgan fingerprint density at radius 2 is 1.65 bits per heavy atom. The Bertz CT molecular complexity index is 1300. The van der Waals surface area contributed by atoms with Crippen LogP contribution in [-0.2, 0) is 0 Å². The Morgan fingerprint density at radius 3 is 2.32 bits per heavy atom. The predicted octanol–water partition coefficient (Wildman–Crippen LogP) is 4.87. The van der Waals surface area contributed by atoms with E-state index in [2.05, 4.69) is 10.2 Å². The van der Waals surface area contributed by atoms with Gasteiger partial charge in [-0.25, -0.2) is 4.39 Å². The van der Waals surface area contributed by atoms with E-state index < -0.39 is 16.8 Å². The van der Waals surface area contributed by atoms with Crippen molar-refractivity contribution in [3.05, 3.63) is 112 Å². The second-order valence-corrected chi connectivity index (χ2v) is 7.10. The third-order valence-corrected chi connectivity index (χ3v) is 5.35. The highest BCUT2D eigenvalue weighted by Crippen LogP contribution is 2.45. The molecule has 1 amide bonds. The van der Waals surface area contributed by atoms with Crippen molar-refractivity contribution in [2.24, 2.45) is 0 Å². The van der Waals surface area contributed by atoms with E-state index in [-0.39, 0.29) is 17.3 Å². The first kappa shape index (κ1) is 18.7. The van der Waals surface area contributed by atoms with Crippen LogP contribution < -0.4 is 4.90 Å². The average molecular weight is 414 g/mol. The molecule has 1 atom stereocenters. The molecule has 7 nitrogen and oxygen atoms in total. The molecule has 0 unspecified atom stereocenters. The van der Waals surface area contributed by atoms with Crippen LogP contribution in [0.5, 0.6) is 0 Å². The lowest BCUT2D eigenvalue weighted by Crippen LogP contribution is -2.29. The van der Waals surface area contributed by atoms with Gasteiger partial charge in [0.2, 0.25) is 0 Å². The van der Waals surface area contributed by atoms with Crippen LogP contribution in [0.1, 0.15) is 27.7 Å². The number of nitrogens with one attached hydrogen (secondary N) is 1. The first-order valence-electron chi connectivity index (χ1n) is 9.52. The predicted molar refractivity (Wildman–Crippen MR) is 112 cm³/mol. The van der Waals surface area contributed by atoms with E-state index in [4.69, 9.17) is 0 Å². The number of halogens is 1. The topological polar surface area (TPSA) is 92.1 Å². The molecule has 31 heavy (non-hydrogen) atoms. The molecule has 2 heterocycles. The second-order valence-electron chi connectivity index (χ2n) is 7.10. The summed E-state index contributed by atoms with van der Waals surface area (Å²) < 4.78 is 14.9. The van der Waals surface area contributed by atoms with Crippen LogP contribution in [-0.4, -0.2) is 21.0 Å². The van der Waals surface area contributed by atoms with Gasteiger partial charge in [0.05, 0.1) is 16.7 Å². The Kier molecular flexibility index (Phi) is 4.32. The number of nitro benzene ring substituents is 1. The minimum absolute atomic E-state index is 0.0522. The van der Waals surface area contributed by atoms with Crippen molar-refractivity contribution in [2.75, 3.05) is 4.90 Å². The largest absolute Gasteiger partial charge is 0.295 e. The molecular formula is C23H15FN4O3. The molecule has 0 aliphatic carbocycles. The lowest BCUT2D eigenvalue weighted by molar-refractivity contribution is -0.384. The summed E-state index contributed by atoms with van der Waals surface area (Å²) in [5.74, 6) is -0.764. The summed E-state index contributed by atoms with van der Waals surface area (Å²) in [6.07, 6.45) is 0. The van der Waals surface area contributed by atoms with Gasteiger partial charge in [-0.15, -0.1) is 0 Å². The van der Waals surface area contributed by atoms with Gasteiger partial charge in [0.15, 0.2) is 0 Å². The van der Waals surface area contributed by atoms with E-state index in [1.54, 1.807) is 42.5 Å². The molecule has 5 rings (SSSR count). The summed E-state index contributed by atoms with van der Waals surface area (Å²) in [6, 6.07) is 20.5. The van der Waals surface area contributed by atoms with Crippen LogP contribution >= 0.6 is 0 Å². The van der Waals surface area contributed by atoms with Crippen molar-refractivity contribution in [1.29, 1.82) is 0 Å². The first-order valence-corrected chi connectivity index (χ1v) is 9.52. The van der Waals surface area contributed by atoms with Gasteiger partial charge >= 0.3 is 0 Å². The number of rotatable bonds is 4. The van der Waals surface area contributed by atoms with Crippen LogP contribution in [0.25, 0.3) is 11.3 Å². The summed E-state index contributed by atoms with van der Waals surface area (Å²) in [5, 5.41) is 18.1. The molecule has 3 aromatic carbocycles. The number of aromatic nitrogens is 2. The van der Waals surface area contributed by atoms with E-state index in [9.17, 15) is 19.3 Å². The number of amides is 1. The van der Waals surface area contributed by atoms with Crippen molar-refractivity contribution in [2.45, 2.75) is 6.04 Å². The fourth-order valence-electron chi connectivity index (χ4n) is 3.95. The summed E-state index contributed by atoms with van der Waals surface area (Å²) in [5.41, 5.74) is 2.75. The molecule has 1 aliphatic rings. The SMILES string of the molecule is O=C1c2[nH]nc(-c3ccc([N+](=O)[O-])cc3)c2[C@@H](c2ccccc2F)N1c1ccccc1. The fourth-order valence-corrected chi connectivity index (χ4v) is 3.95. The summed E-state index contributed by atoms with van der Waals surface area (Å²) >= 11 is 0. The molecule has 8 heteroatoms. The molecule has 0 saturated heterocycles. The Balaban J connectivity index is 1.71. The van der Waals surface area contributed by atoms with Crippen LogP contribution in [0, 0.1) is 15.9 Å². The number of nitrogens with zero attached hydrogens (tertiary/aromatic N) is 3. The maximum absolute atomic E-state index is 14.9. The van der Waals surface area contributed by atoms with Crippen molar-refractivity contribution in [3.8, 4) is 11.3 Å². The van der Waals surface area contributed by atoms with Crippen molar-refractivity contribution in [3.63, 3.8) is 0 Å². The zero-order chi connectivity index (χ0) is 21.5. The van der Waals surface area contributed by atoms with Crippen molar-refractivity contribution >= 4 is 17.3 Å². The van der Waals surface area contributed by atoms with Crippen LogP contribution in [0.4, 0.5) is 15.8 Å². The second kappa shape index (κ2) is 7.17. The number of anilines is 1. The molecule has 152 valence electrons. The Hall–Kier alpha value is -4.33. The standard InChI is InChI=1S/C23H15FN4O3/c24-18-9-5-4-8-17(18)22-19-20(14-10-12-16(13-11-14)28(30)31)25-26-21(19)23(29)27(22)15-6-2-1-3-7-15/h1-13,22H,(H,25,26)/t22-/m1/s1.